The van der Waals surface area contributed by atoms with Crippen molar-refractivity contribution >= 4 is 18.3 Å². The maximum absolute atomic E-state index is 12.5. The van der Waals surface area contributed by atoms with Crippen molar-refractivity contribution in [2.45, 2.75) is 31.2 Å². The van der Waals surface area contributed by atoms with E-state index in [9.17, 15) is 4.79 Å². The van der Waals surface area contributed by atoms with E-state index in [1.165, 1.54) is 12.0 Å². The zero-order chi connectivity index (χ0) is 14.5. The number of nitrogens with zero attached hydrogens (tertiary/aromatic N) is 1. The number of hydrogen-bond donors (Lipinski definition) is 1. The summed E-state index contributed by atoms with van der Waals surface area (Å²) in [5, 5.41) is 3.26. The van der Waals surface area contributed by atoms with E-state index >= 15 is 0 Å². The van der Waals surface area contributed by atoms with Gasteiger partial charge in [0.2, 0.25) is 5.91 Å². The van der Waals surface area contributed by atoms with E-state index in [1.807, 2.05) is 4.90 Å². The maximum atomic E-state index is 12.5. The SMILES string of the molecule is Cl.O=C(C1COCCN1)N1CCCC(c2ccccc2)CC1. The fourth-order valence-corrected chi connectivity index (χ4v) is 3.32. The second-order valence-corrected chi connectivity index (χ2v) is 5.95. The van der Waals surface area contributed by atoms with Crippen molar-refractivity contribution in [2.75, 3.05) is 32.8 Å². The Kier molecular flexibility index (Phi) is 6.68. The number of hydrogen-bond acceptors (Lipinski definition) is 3. The number of benzene rings is 1. The van der Waals surface area contributed by atoms with Gasteiger partial charge in [0.15, 0.2) is 0 Å². The van der Waals surface area contributed by atoms with Gasteiger partial charge < -0.3 is 15.0 Å². The Balaban J connectivity index is 0.00000176. The quantitative estimate of drug-likeness (QED) is 0.906. The molecule has 2 saturated heterocycles. The van der Waals surface area contributed by atoms with Gasteiger partial charge in [-0.2, -0.15) is 0 Å². The molecule has 0 spiro atoms. The molecule has 1 aromatic rings. The summed E-state index contributed by atoms with van der Waals surface area (Å²) in [7, 11) is 0. The molecule has 2 fully saturated rings. The highest BCUT2D eigenvalue weighted by Crippen LogP contribution is 2.28. The molecule has 0 aromatic heterocycles. The molecule has 22 heavy (non-hydrogen) atoms. The smallest absolute Gasteiger partial charge is 0.242 e. The molecule has 2 heterocycles. The molecular weight excluding hydrogens is 300 g/mol. The zero-order valence-electron chi connectivity index (χ0n) is 12.9. The van der Waals surface area contributed by atoms with Crippen molar-refractivity contribution in [1.29, 1.82) is 0 Å². The standard InChI is InChI=1S/C17H24N2O2.ClH/c20-17(16-13-21-12-9-18-16)19-10-4-7-15(8-11-19)14-5-2-1-3-6-14;/h1-3,5-6,15-16,18H,4,7-13H2;1H. The summed E-state index contributed by atoms with van der Waals surface area (Å²) >= 11 is 0. The summed E-state index contributed by atoms with van der Waals surface area (Å²) in [6.07, 6.45) is 3.31. The lowest BCUT2D eigenvalue weighted by atomic mass is 9.92. The van der Waals surface area contributed by atoms with Crippen LogP contribution < -0.4 is 5.32 Å². The molecule has 1 aromatic carbocycles. The van der Waals surface area contributed by atoms with Gasteiger partial charge in [-0.05, 0) is 30.7 Å². The first-order valence-corrected chi connectivity index (χ1v) is 7.99. The van der Waals surface area contributed by atoms with E-state index in [2.05, 4.69) is 35.6 Å². The highest BCUT2D eigenvalue weighted by molar-refractivity contribution is 5.85. The van der Waals surface area contributed by atoms with E-state index in [0.717, 1.165) is 32.5 Å². The number of halogens is 1. The Morgan fingerprint density at radius 2 is 2.00 bits per heavy atom. The van der Waals surface area contributed by atoms with Crippen LogP contribution in [0.5, 0.6) is 0 Å². The van der Waals surface area contributed by atoms with Crippen LogP contribution in [-0.4, -0.2) is 49.7 Å². The molecule has 5 heteroatoms. The van der Waals surface area contributed by atoms with E-state index in [1.54, 1.807) is 0 Å². The fraction of sp³-hybridized carbons (Fsp3) is 0.588. The van der Waals surface area contributed by atoms with Gasteiger partial charge in [0, 0.05) is 19.6 Å². The van der Waals surface area contributed by atoms with Gasteiger partial charge in [0.25, 0.3) is 0 Å². The number of amides is 1. The molecule has 122 valence electrons. The van der Waals surface area contributed by atoms with Crippen molar-refractivity contribution in [2.24, 2.45) is 0 Å². The van der Waals surface area contributed by atoms with Gasteiger partial charge in [-0.3, -0.25) is 4.79 Å². The number of carbonyl (C=O) groups is 1. The first-order chi connectivity index (χ1) is 10.3. The molecular formula is C17H25ClN2O2. The van der Waals surface area contributed by atoms with E-state index in [4.69, 9.17) is 4.74 Å². The molecule has 1 amide bonds. The lowest BCUT2D eigenvalue weighted by molar-refractivity contribution is -0.136. The summed E-state index contributed by atoms with van der Waals surface area (Å²) in [5.74, 6) is 0.794. The predicted octanol–water partition coefficient (Wildman–Crippen LogP) is 2.19. The Morgan fingerprint density at radius 3 is 2.73 bits per heavy atom. The fourth-order valence-electron chi connectivity index (χ4n) is 3.32. The minimum absolute atomic E-state index is 0. The highest BCUT2D eigenvalue weighted by atomic mass is 35.5. The Morgan fingerprint density at radius 1 is 1.18 bits per heavy atom. The summed E-state index contributed by atoms with van der Waals surface area (Å²) in [5.41, 5.74) is 1.41. The molecule has 2 unspecified atom stereocenters. The third kappa shape index (κ3) is 4.22. The van der Waals surface area contributed by atoms with Gasteiger partial charge in [0.1, 0.15) is 6.04 Å². The van der Waals surface area contributed by atoms with Crippen LogP contribution in [0.2, 0.25) is 0 Å². The van der Waals surface area contributed by atoms with Crippen LogP contribution in [0, 0.1) is 0 Å². The number of likely N-dealkylation sites (tertiary alicyclic amines) is 1. The number of morpholine rings is 1. The number of carbonyl (C=O) groups excluding carboxylic acids is 1. The normalized spacial score (nSPS) is 25.9. The zero-order valence-corrected chi connectivity index (χ0v) is 13.7. The largest absolute Gasteiger partial charge is 0.378 e. The van der Waals surface area contributed by atoms with Crippen molar-refractivity contribution in [1.82, 2.24) is 10.2 Å². The molecule has 2 aliphatic rings. The molecule has 0 radical (unpaired) electrons. The van der Waals surface area contributed by atoms with Crippen molar-refractivity contribution in [3.05, 3.63) is 35.9 Å². The summed E-state index contributed by atoms with van der Waals surface area (Å²) in [4.78, 5) is 14.6. The van der Waals surface area contributed by atoms with E-state index in [-0.39, 0.29) is 24.4 Å². The topological polar surface area (TPSA) is 41.6 Å². The number of ether oxygens (including phenoxy) is 1. The first kappa shape index (κ1) is 17.3. The average molecular weight is 325 g/mol. The lowest BCUT2D eigenvalue weighted by Gasteiger charge is -2.29. The van der Waals surface area contributed by atoms with Gasteiger partial charge in [-0.1, -0.05) is 30.3 Å². The summed E-state index contributed by atoms with van der Waals surface area (Å²) in [6.45, 7) is 3.73. The molecule has 1 N–H and O–H groups in total. The third-order valence-corrected chi connectivity index (χ3v) is 4.53. The second-order valence-electron chi connectivity index (χ2n) is 5.95. The molecule has 2 aliphatic heterocycles. The van der Waals surface area contributed by atoms with Crippen LogP contribution in [0.15, 0.2) is 30.3 Å². The molecule has 3 rings (SSSR count). The highest BCUT2D eigenvalue weighted by Gasteiger charge is 2.28. The van der Waals surface area contributed by atoms with Gasteiger partial charge in [-0.15, -0.1) is 12.4 Å². The molecule has 0 saturated carbocycles. The number of rotatable bonds is 2. The first-order valence-electron chi connectivity index (χ1n) is 7.99. The molecule has 0 bridgehead atoms. The summed E-state index contributed by atoms with van der Waals surface area (Å²) < 4.78 is 5.41. The van der Waals surface area contributed by atoms with Crippen LogP contribution in [0.4, 0.5) is 0 Å². The van der Waals surface area contributed by atoms with Gasteiger partial charge >= 0.3 is 0 Å². The van der Waals surface area contributed by atoms with Crippen LogP contribution in [0.1, 0.15) is 30.7 Å². The van der Waals surface area contributed by atoms with Crippen molar-refractivity contribution in [3.63, 3.8) is 0 Å². The average Bonchev–Trinajstić information content (AvgIpc) is 2.82. The van der Waals surface area contributed by atoms with Gasteiger partial charge in [0.05, 0.1) is 13.2 Å². The van der Waals surface area contributed by atoms with Crippen LogP contribution in [0.3, 0.4) is 0 Å². The second kappa shape index (κ2) is 8.51. The molecule has 2 atom stereocenters. The van der Waals surface area contributed by atoms with Crippen molar-refractivity contribution in [3.8, 4) is 0 Å². The summed E-state index contributed by atoms with van der Waals surface area (Å²) in [6, 6.07) is 10.5. The number of nitrogens with one attached hydrogen (secondary N) is 1. The Hall–Kier alpha value is -1.10. The Labute approximate surface area is 138 Å². The maximum Gasteiger partial charge on any atom is 0.242 e. The molecule has 4 nitrogen and oxygen atoms in total. The van der Waals surface area contributed by atoms with E-state index < -0.39 is 0 Å². The van der Waals surface area contributed by atoms with Crippen LogP contribution >= 0.6 is 12.4 Å². The van der Waals surface area contributed by atoms with Crippen LogP contribution in [0.25, 0.3) is 0 Å². The minimum Gasteiger partial charge on any atom is -0.378 e. The predicted molar refractivity (Wildman–Crippen MR) is 89.5 cm³/mol. The monoisotopic (exact) mass is 324 g/mol. The minimum atomic E-state index is -0.146. The third-order valence-electron chi connectivity index (χ3n) is 4.53. The molecule has 0 aliphatic carbocycles. The Bertz CT molecular complexity index is 463. The lowest BCUT2D eigenvalue weighted by Crippen LogP contribution is -2.52. The van der Waals surface area contributed by atoms with E-state index in [0.29, 0.717) is 19.1 Å². The van der Waals surface area contributed by atoms with Crippen LogP contribution in [-0.2, 0) is 9.53 Å². The van der Waals surface area contributed by atoms with Crippen molar-refractivity contribution < 1.29 is 9.53 Å². The van der Waals surface area contributed by atoms with Gasteiger partial charge in [-0.25, -0.2) is 0 Å².